The van der Waals surface area contributed by atoms with Crippen LogP contribution in [0, 0.1) is 5.92 Å². The van der Waals surface area contributed by atoms with Crippen LogP contribution in [0.3, 0.4) is 0 Å². The minimum atomic E-state index is 0.212. The molecule has 0 aliphatic heterocycles. The molecule has 5 nitrogen and oxygen atoms in total. The number of pyridine rings is 1. The van der Waals surface area contributed by atoms with Gasteiger partial charge >= 0.3 is 0 Å². The lowest BCUT2D eigenvalue weighted by Gasteiger charge is -2.15. The predicted molar refractivity (Wildman–Crippen MR) is 96.5 cm³/mol. The van der Waals surface area contributed by atoms with E-state index in [2.05, 4.69) is 22.5 Å². The smallest absolute Gasteiger partial charge is 0.161 e. The molecule has 1 aromatic carbocycles. The summed E-state index contributed by atoms with van der Waals surface area (Å²) >= 11 is 0. The van der Waals surface area contributed by atoms with Crippen molar-refractivity contribution in [3.05, 3.63) is 66.0 Å². The summed E-state index contributed by atoms with van der Waals surface area (Å²) in [5.74, 6) is 1.71. The average molecular weight is 340 g/mol. The molecular weight excluding hydrogens is 316 g/mol. The van der Waals surface area contributed by atoms with Crippen LogP contribution in [-0.2, 0) is 13.2 Å². The van der Waals surface area contributed by atoms with Crippen molar-refractivity contribution in [2.75, 3.05) is 13.7 Å². The summed E-state index contributed by atoms with van der Waals surface area (Å²) in [4.78, 5) is 4.10. The normalized spacial score (nSPS) is 19.1. The highest BCUT2D eigenvalue weighted by molar-refractivity contribution is 5.43. The minimum absolute atomic E-state index is 0.212. The van der Waals surface area contributed by atoms with Gasteiger partial charge < -0.3 is 19.9 Å². The van der Waals surface area contributed by atoms with Crippen molar-refractivity contribution in [1.82, 2.24) is 10.3 Å². The van der Waals surface area contributed by atoms with Gasteiger partial charge in [-0.15, -0.1) is 0 Å². The third kappa shape index (κ3) is 4.81. The van der Waals surface area contributed by atoms with Crippen molar-refractivity contribution in [2.45, 2.75) is 25.6 Å². The number of hydrogen-bond donors (Lipinski definition) is 2. The summed E-state index contributed by atoms with van der Waals surface area (Å²) < 4.78 is 11.3. The summed E-state index contributed by atoms with van der Waals surface area (Å²) in [6.07, 6.45) is 8.69. The molecule has 1 aliphatic rings. The number of nitrogens with one attached hydrogen (secondary N) is 1. The first-order chi connectivity index (χ1) is 12.3. The highest BCUT2D eigenvalue weighted by atomic mass is 16.5. The molecule has 25 heavy (non-hydrogen) atoms. The van der Waals surface area contributed by atoms with Gasteiger partial charge in [0, 0.05) is 43.1 Å². The van der Waals surface area contributed by atoms with Crippen LogP contribution in [0.4, 0.5) is 0 Å². The number of ether oxygens (including phenoxy) is 2. The van der Waals surface area contributed by atoms with Crippen molar-refractivity contribution >= 4 is 0 Å². The second kappa shape index (κ2) is 8.65. The molecule has 132 valence electrons. The van der Waals surface area contributed by atoms with E-state index in [9.17, 15) is 5.11 Å². The Hall–Kier alpha value is -2.37. The van der Waals surface area contributed by atoms with Crippen molar-refractivity contribution in [3.8, 4) is 11.5 Å². The van der Waals surface area contributed by atoms with Gasteiger partial charge in [0.25, 0.3) is 0 Å². The quantitative estimate of drug-likeness (QED) is 0.724. The van der Waals surface area contributed by atoms with E-state index in [1.807, 2.05) is 30.3 Å². The molecule has 0 saturated carbocycles. The van der Waals surface area contributed by atoms with E-state index in [-0.39, 0.29) is 12.5 Å². The molecule has 2 aromatic rings. The van der Waals surface area contributed by atoms with Gasteiger partial charge in [0.2, 0.25) is 0 Å². The van der Waals surface area contributed by atoms with E-state index < -0.39 is 0 Å². The van der Waals surface area contributed by atoms with Gasteiger partial charge in [-0.1, -0.05) is 24.3 Å². The number of aliphatic hydroxyl groups excluding tert-OH is 1. The van der Waals surface area contributed by atoms with Crippen molar-refractivity contribution in [3.63, 3.8) is 0 Å². The third-order valence-corrected chi connectivity index (χ3v) is 4.32. The first-order valence-corrected chi connectivity index (χ1v) is 8.49. The molecule has 3 rings (SSSR count). The summed E-state index contributed by atoms with van der Waals surface area (Å²) in [5, 5.41) is 12.7. The molecule has 5 heteroatoms. The second-order valence-electron chi connectivity index (χ2n) is 6.19. The van der Waals surface area contributed by atoms with Gasteiger partial charge in [0.15, 0.2) is 11.5 Å². The maximum Gasteiger partial charge on any atom is 0.161 e. The number of rotatable bonds is 8. The van der Waals surface area contributed by atoms with E-state index in [1.54, 1.807) is 19.5 Å². The van der Waals surface area contributed by atoms with E-state index >= 15 is 0 Å². The van der Waals surface area contributed by atoms with Crippen LogP contribution in [0.25, 0.3) is 0 Å². The molecule has 1 aromatic heterocycles. The molecule has 0 saturated heterocycles. The fourth-order valence-corrected chi connectivity index (χ4v) is 2.90. The van der Waals surface area contributed by atoms with Crippen LogP contribution in [0.1, 0.15) is 17.5 Å². The number of hydrogen-bond acceptors (Lipinski definition) is 5. The van der Waals surface area contributed by atoms with E-state index in [4.69, 9.17) is 9.47 Å². The van der Waals surface area contributed by atoms with Gasteiger partial charge in [0.1, 0.15) is 6.61 Å². The molecular formula is C20H24N2O3. The number of methoxy groups -OCH3 is 1. The lowest BCUT2D eigenvalue weighted by Crippen LogP contribution is -2.26. The standard InChI is InChI=1S/C20H24N2O3/c1-24-19-7-5-15(12-22-18-6-4-16(9-18)13-23)10-20(19)25-14-17-3-2-8-21-11-17/h2-8,10-11,16,18,22-23H,9,12-14H2,1H3/t16-,18+/m0/s1. The highest BCUT2D eigenvalue weighted by Gasteiger charge is 2.17. The molecule has 0 radical (unpaired) electrons. The second-order valence-corrected chi connectivity index (χ2v) is 6.19. The molecule has 1 aliphatic carbocycles. The highest BCUT2D eigenvalue weighted by Crippen LogP contribution is 2.29. The van der Waals surface area contributed by atoms with Crippen molar-refractivity contribution in [1.29, 1.82) is 0 Å². The molecule has 0 bridgehead atoms. The Balaban J connectivity index is 1.60. The predicted octanol–water partition coefficient (Wildman–Crippen LogP) is 2.70. The van der Waals surface area contributed by atoms with Gasteiger partial charge in [-0.2, -0.15) is 0 Å². The van der Waals surface area contributed by atoms with Crippen LogP contribution < -0.4 is 14.8 Å². The Morgan fingerprint density at radius 2 is 2.12 bits per heavy atom. The average Bonchev–Trinajstić information content (AvgIpc) is 3.14. The van der Waals surface area contributed by atoms with Crippen molar-refractivity contribution < 1.29 is 14.6 Å². The summed E-state index contributed by atoms with van der Waals surface area (Å²) in [5.41, 5.74) is 2.14. The van der Waals surface area contributed by atoms with Crippen LogP contribution >= 0.6 is 0 Å². The summed E-state index contributed by atoms with van der Waals surface area (Å²) in [7, 11) is 1.64. The first-order valence-electron chi connectivity index (χ1n) is 8.49. The molecule has 0 unspecified atom stereocenters. The minimum Gasteiger partial charge on any atom is -0.493 e. The largest absolute Gasteiger partial charge is 0.493 e. The number of aliphatic hydroxyl groups is 1. The van der Waals surface area contributed by atoms with Crippen LogP contribution in [-0.4, -0.2) is 29.8 Å². The summed E-state index contributed by atoms with van der Waals surface area (Å²) in [6, 6.07) is 10.1. The maximum absolute atomic E-state index is 9.20. The number of benzene rings is 1. The summed E-state index contributed by atoms with van der Waals surface area (Å²) in [6.45, 7) is 1.40. The Morgan fingerprint density at radius 1 is 1.20 bits per heavy atom. The zero-order valence-electron chi connectivity index (χ0n) is 14.4. The van der Waals surface area contributed by atoms with Crippen LogP contribution in [0.15, 0.2) is 54.9 Å². The molecule has 0 amide bonds. The lowest BCUT2D eigenvalue weighted by atomic mass is 10.1. The molecule has 0 fully saturated rings. The Kier molecular flexibility index (Phi) is 6.04. The molecule has 2 atom stereocenters. The van der Waals surface area contributed by atoms with Crippen LogP contribution in [0.2, 0.25) is 0 Å². The van der Waals surface area contributed by atoms with Crippen molar-refractivity contribution in [2.24, 2.45) is 5.92 Å². The topological polar surface area (TPSA) is 63.6 Å². The monoisotopic (exact) mass is 340 g/mol. The molecule has 2 N–H and O–H groups in total. The zero-order valence-corrected chi connectivity index (χ0v) is 14.4. The fourth-order valence-electron chi connectivity index (χ4n) is 2.90. The van der Waals surface area contributed by atoms with Gasteiger partial charge in [-0.3, -0.25) is 4.98 Å². The SMILES string of the molecule is COc1ccc(CN[C@@H]2C=C[C@H](CO)C2)cc1OCc1cccnc1. The zero-order chi connectivity index (χ0) is 17.5. The van der Waals surface area contributed by atoms with Gasteiger partial charge in [-0.25, -0.2) is 0 Å². The number of nitrogens with zero attached hydrogens (tertiary/aromatic N) is 1. The molecule has 0 spiro atoms. The number of aromatic nitrogens is 1. The van der Waals surface area contributed by atoms with E-state index in [1.165, 1.54) is 0 Å². The lowest BCUT2D eigenvalue weighted by molar-refractivity contribution is 0.246. The first kappa shape index (κ1) is 17.5. The Bertz CT molecular complexity index is 703. The fraction of sp³-hybridized carbons (Fsp3) is 0.350. The Labute approximate surface area is 148 Å². The van der Waals surface area contributed by atoms with Gasteiger partial charge in [0.05, 0.1) is 7.11 Å². The Morgan fingerprint density at radius 3 is 2.84 bits per heavy atom. The van der Waals surface area contributed by atoms with E-state index in [0.717, 1.165) is 29.8 Å². The molecule has 1 heterocycles. The van der Waals surface area contributed by atoms with Crippen LogP contribution in [0.5, 0.6) is 11.5 Å². The van der Waals surface area contributed by atoms with Gasteiger partial charge in [-0.05, 0) is 30.2 Å². The van der Waals surface area contributed by atoms with E-state index in [0.29, 0.717) is 18.4 Å². The third-order valence-electron chi connectivity index (χ3n) is 4.32. The maximum atomic E-state index is 9.20.